The molecule has 13 heavy (non-hydrogen) atoms. The SMILES string of the molecule is CCc1cc(Br)cc(C=NC)c1O. The third-order valence-electron chi connectivity index (χ3n) is 1.83. The molecule has 0 aliphatic heterocycles. The molecule has 0 heterocycles. The van der Waals surface area contributed by atoms with E-state index in [1.165, 1.54) is 0 Å². The second-order valence-electron chi connectivity index (χ2n) is 2.74. The highest BCUT2D eigenvalue weighted by molar-refractivity contribution is 9.10. The van der Waals surface area contributed by atoms with E-state index in [1.807, 2.05) is 19.1 Å². The smallest absolute Gasteiger partial charge is 0.127 e. The van der Waals surface area contributed by atoms with Gasteiger partial charge in [-0.05, 0) is 24.1 Å². The van der Waals surface area contributed by atoms with Crippen LogP contribution in [0.15, 0.2) is 21.6 Å². The van der Waals surface area contributed by atoms with Gasteiger partial charge in [0.1, 0.15) is 5.75 Å². The van der Waals surface area contributed by atoms with Gasteiger partial charge in [-0.25, -0.2) is 0 Å². The van der Waals surface area contributed by atoms with E-state index < -0.39 is 0 Å². The van der Waals surface area contributed by atoms with Gasteiger partial charge in [0.15, 0.2) is 0 Å². The predicted molar refractivity (Wildman–Crippen MR) is 58.7 cm³/mol. The fourth-order valence-corrected chi connectivity index (χ4v) is 1.71. The highest BCUT2D eigenvalue weighted by Crippen LogP contribution is 2.26. The van der Waals surface area contributed by atoms with Crippen molar-refractivity contribution in [3.63, 3.8) is 0 Å². The Kier molecular flexibility index (Phi) is 3.48. The van der Waals surface area contributed by atoms with Crippen LogP contribution in [0.1, 0.15) is 18.1 Å². The number of aliphatic imine (C=N–C) groups is 1. The number of phenolic OH excluding ortho intramolecular Hbond substituents is 1. The minimum Gasteiger partial charge on any atom is -0.507 e. The Hall–Kier alpha value is -0.830. The van der Waals surface area contributed by atoms with Crippen molar-refractivity contribution >= 4 is 22.1 Å². The number of phenols is 1. The zero-order chi connectivity index (χ0) is 9.84. The van der Waals surface area contributed by atoms with Gasteiger partial charge in [-0.1, -0.05) is 22.9 Å². The summed E-state index contributed by atoms with van der Waals surface area (Å²) in [6.07, 6.45) is 2.47. The molecular weight excluding hydrogens is 230 g/mol. The zero-order valence-electron chi connectivity index (χ0n) is 7.71. The van der Waals surface area contributed by atoms with Crippen LogP contribution in [0.4, 0.5) is 0 Å². The summed E-state index contributed by atoms with van der Waals surface area (Å²) in [6.45, 7) is 2.01. The van der Waals surface area contributed by atoms with Crippen molar-refractivity contribution in [2.24, 2.45) is 4.99 Å². The van der Waals surface area contributed by atoms with Gasteiger partial charge in [0.2, 0.25) is 0 Å². The third kappa shape index (κ3) is 2.31. The molecule has 0 saturated carbocycles. The maximum atomic E-state index is 9.73. The van der Waals surface area contributed by atoms with Gasteiger partial charge in [0, 0.05) is 23.3 Å². The van der Waals surface area contributed by atoms with Crippen molar-refractivity contribution in [3.8, 4) is 5.75 Å². The third-order valence-corrected chi connectivity index (χ3v) is 2.29. The first kappa shape index (κ1) is 10.3. The molecule has 1 aromatic rings. The Morgan fingerprint density at radius 1 is 1.54 bits per heavy atom. The van der Waals surface area contributed by atoms with E-state index in [-0.39, 0.29) is 0 Å². The molecule has 0 radical (unpaired) electrons. The molecule has 0 spiro atoms. The van der Waals surface area contributed by atoms with Crippen molar-refractivity contribution in [1.82, 2.24) is 0 Å². The van der Waals surface area contributed by atoms with E-state index in [4.69, 9.17) is 0 Å². The molecule has 1 N–H and O–H groups in total. The molecule has 0 aliphatic rings. The summed E-state index contributed by atoms with van der Waals surface area (Å²) in [6, 6.07) is 3.77. The molecule has 0 amide bonds. The Morgan fingerprint density at radius 3 is 2.77 bits per heavy atom. The summed E-state index contributed by atoms with van der Waals surface area (Å²) in [7, 11) is 1.69. The van der Waals surface area contributed by atoms with E-state index in [2.05, 4.69) is 20.9 Å². The van der Waals surface area contributed by atoms with E-state index in [0.29, 0.717) is 5.75 Å². The quantitative estimate of drug-likeness (QED) is 0.794. The molecule has 2 nitrogen and oxygen atoms in total. The van der Waals surface area contributed by atoms with Crippen molar-refractivity contribution < 1.29 is 5.11 Å². The number of hydrogen-bond donors (Lipinski definition) is 1. The first-order chi connectivity index (χ1) is 6.19. The van der Waals surface area contributed by atoms with E-state index in [1.54, 1.807) is 13.3 Å². The Labute approximate surface area is 86.4 Å². The van der Waals surface area contributed by atoms with Crippen molar-refractivity contribution in [1.29, 1.82) is 0 Å². The lowest BCUT2D eigenvalue weighted by atomic mass is 10.1. The van der Waals surface area contributed by atoms with Gasteiger partial charge in [0.25, 0.3) is 0 Å². The van der Waals surface area contributed by atoms with Gasteiger partial charge < -0.3 is 5.11 Å². The van der Waals surface area contributed by atoms with Crippen LogP contribution in [-0.4, -0.2) is 18.4 Å². The van der Waals surface area contributed by atoms with E-state index >= 15 is 0 Å². The average Bonchev–Trinajstić information content (AvgIpc) is 2.11. The van der Waals surface area contributed by atoms with Crippen LogP contribution in [0.5, 0.6) is 5.75 Å². The number of hydrogen-bond acceptors (Lipinski definition) is 2. The van der Waals surface area contributed by atoms with Crippen LogP contribution < -0.4 is 0 Å². The molecule has 1 rings (SSSR count). The van der Waals surface area contributed by atoms with Crippen LogP contribution in [0.25, 0.3) is 0 Å². The number of aryl methyl sites for hydroxylation is 1. The molecule has 0 aromatic heterocycles. The van der Waals surface area contributed by atoms with Gasteiger partial charge in [-0.2, -0.15) is 0 Å². The van der Waals surface area contributed by atoms with Crippen LogP contribution in [-0.2, 0) is 6.42 Å². The molecule has 0 aliphatic carbocycles. The van der Waals surface area contributed by atoms with Gasteiger partial charge >= 0.3 is 0 Å². The number of nitrogens with zero attached hydrogens (tertiary/aromatic N) is 1. The Bertz CT molecular complexity index is 334. The molecule has 3 heteroatoms. The first-order valence-electron chi connectivity index (χ1n) is 4.12. The fraction of sp³-hybridized carbons (Fsp3) is 0.300. The normalized spacial score (nSPS) is 11.0. The average molecular weight is 242 g/mol. The summed E-state index contributed by atoms with van der Waals surface area (Å²) < 4.78 is 0.969. The van der Waals surface area contributed by atoms with Gasteiger partial charge in [-0.15, -0.1) is 0 Å². The highest BCUT2D eigenvalue weighted by Gasteiger charge is 2.05. The van der Waals surface area contributed by atoms with Crippen molar-refractivity contribution in [2.75, 3.05) is 7.05 Å². The fourth-order valence-electron chi connectivity index (χ4n) is 1.19. The minimum atomic E-state index is 0.330. The van der Waals surface area contributed by atoms with Crippen LogP contribution in [0.2, 0.25) is 0 Å². The maximum Gasteiger partial charge on any atom is 0.127 e. The molecule has 0 unspecified atom stereocenters. The molecule has 0 bridgehead atoms. The lowest BCUT2D eigenvalue weighted by molar-refractivity contribution is 0.468. The molecule has 1 aromatic carbocycles. The number of halogens is 1. The predicted octanol–water partition coefficient (Wildman–Crippen LogP) is 2.77. The summed E-state index contributed by atoms with van der Waals surface area (Å²) in [5.41, 5.74) is 1.69. The first-order valence-corrected chi connectivity index (χ1v) is 4.92. The van der Waals surface area contributed by atoms with E-state index in [0.717, 1.165) is 22.0 Å². The monoisotopic (exact) mass is 241 g/mol. The number of benzene rings is 1. The van der Waals surface area contributed by atoms with E-state index in [9.17, 15) is 5.11 Å². The molecular formula is C10H12BrNO. The van der Waals surface area contributed by atoms with Gasteiger partial charge in [0.05, 0.1) is 0 Å². The number of aromatic hydroxyl groups is 1. The molecule has 70 valence electrons. The van der Waals surface area contributed by atoms with Crippen molar-refractivity contribution in [2.45, 2.75) is 13.3 Å². The Morgan fingerprint density at radius 2 is 2.23 bits per heavy atom. The van der Waals surface area contributed by atoms with Crippen molar-refractivity contribution in [3.05, 3.63) is 27.7 Å². The van der Waals surface area contributed by atoms with Crippen LogP contribution in [0.3, 0.4) is 0 Å². The summed E-state index contributed by atoms with van der Waals surface area (Å²) in [4.78, 5) is 3.88. The zero-order valence-corrected chi connectivity index (χ0v) is 9.30. The summed E-state index contributed by atoms with van der Waals surface area (Å²) in [5.74, 6) is 0.330. The second-order valence-corrected chi connectivity index (χ2v) is 3.66. The lowest BCUT2D eigenvalue weighted by Gasteiger charge is -2.05. The lowest BCUT2D eigenvalue weighted by Crippen LogP contribution is -1.89. The molecule has 0 atom stereocenters. The largest absolute Gasteiger partial charge is 0.507 e. The van der Waals surface area contributed by atoms with Crippen LogP contribution >= 0.6 is 15.9 Å². The standard InChI is InChI=1S/C10H12BrNO/c1-3-7-4-9(11)5-8(6-12-2)10(7)13/h4-6,13H,3H2,1-2H3. The Balaban J connectivity index is 3.26. The molecule has 0 saturated heterocycles. The molecule has 0 fully saturated rings. The topological polar surface area (TPSA) is 32.6 Å². The highest BCUT2D eigenvalue weighted by atomic mass is 79.9. The second kappa shape index (κ2) is 4.42. The van der Waals surface area contributed by atoms with Crippen LogP contribution in [0, 0.1) is 0 Å². The summed E-state index contributed by atoms with van der Waals surface area (Å²) in [5, 5.41) is 9.73. The summed E-state index contributed by atoms with van der Waals surface area (Å²) >= 11 is 3.39. The maximum absolute atomic E-state index is 9.73. The van der Waals surface area contributed by atoms with Gasteiger partial charge in [-0.3, -0.25) is 4.99 Å². The number of rotatable bonds is 2. The minimum absolute atomic E-state index is 0.330.